The Labute approximate surface area is 148 Å². The molecule has 1 aromatic carbocycles. The lowest BCUT2D eigenvalue weighted by Gasteiger charge is -2.51. The minimum atomic E-state index is -0.518. The zero-order valence-corrected chi connectivity index (χ0v) is 14.8. The van der Waals surface area contributed by atoms with Gasteiger partial charge in [0.05, 0.1) is 12.3 Å². The van der Waals surface area contributed by atoms with Crippen molar-refractivity contribution in [1.29, 1.82) is 5.26 Å². The van der Waals surface area contributed by atoms with Gasteiger partial charge in [-0.25, -0.2) is 0 Å². The maximum absolute atomic E-state index is 12.7. The van der Waals surface area contributed by atoms with Crippen LogP contribution >= 0.6 is 0 Å². The van der Waals surface area contributed by atoms with Crippen molar-refractivity contribution in [2.24, 2.45) is 24.8 Å². The van der Waals surface area contributed by atoms with Crippen LogP contribution in [0.5, 0.6) is 0 Å². The molecule has 1 saturated carbocycles. The lowest BCUT2D eigenvalue weighted by Crippen LogP contribution is -2.53. The fourth-order valence-electron chi connectivity index (χ4n) is 5.38. The molecule has 4 heteroatoms. The number of aryl methyl sites for hydroxylation is 2. The molecular formula is C21H23N3O. The molecule has 1 heterocycles. The number of rotatable bonds is 2. The second-order valence-electron chi connectivity index (χ2n) is 7.68. The topological polar surface area (TPSA) is 58.7 Å². The number of Topliss-reactive ketones (excluding diaryl/α,β-unsaturated/α-hetero) is 1. The van der Waals surface area contributed by atoms with Crippen LogP contribution in [0.3, 0.4) is 0 Å². The molecule has 0 radical (unpaired) electrons. The molecule has 1 fully saturated rings. The predicted octanol–water partition coefficient (Wildman–Crippen LogP) is 3.21. The Morgan fingerprint density at radius 3 is 2.84 bits per heavy atom. The molecule has 0 spiro atoms. The molecule has 4 rings (SSSR count). The summed E-state index contributed by atoms with van der Waals surface area (Å²) in [6.07, 6.45) is 5.41. The molecule has 0 saturated heterocycles. The molecule has 0 bridgehead atoms. The van der Waals surface area contributed by atoms with Gasteiger partial charge in [-0.3, -0.25) is 9.48 Å². The van der Waals surface area contributed by atoms with E-state index in [0.717, 1.165) is 19.3 Å². The van der Waals surface area contributed by atoms with Gasteiger partial charge in [0.2, 0.25) is 0 Å². The van der Waals surface area contributed by atoms with E-state index >= 15 is 0 Å². The minimum absolute atomic E-state index is 0.0786. The van der Waals surface area contributed by atoms with E-state index in [1.165, 1.54) is 16.8 Å². The molecule has 2 aromatic rings. The molecule has 0 amide bonds. The quantitative estimate of drug-likeness (QED) is 0.848. The number of aromatic nitrogens is 2. The molecule has 2 aliphatic carbocycles. The Bertz CT molecular complexity index is 848. The average Bonchev–Trinajstić information content (AvgIpc) is 3.01. The highest BCUT2D eigenvalue weighted by Crippen LogP contribution is 2.54. The first kappa shape index (κ1) is 16.1. The maximum atomic E-state index is 12.7. The summed E-state index contributed by atoms with van der Waals surface area (Å²) in [5.41, 5.74) is 3.60. The van der Waals surface area contributed by atoms with E-state index in [9.17, 15) is 10.1 Å². The van der Waals surface area contributed by atoms with Crippen molar-refractivity contribution in [3.63, 3.8) is 0 Å². The van der Waals surface area contributed by atoms with Crippen molar-refractivity contribution in [2.45, 2.75) is 38.0 Å². The Hall–Kier alpha value is -2.41. The number of benzene rings is 1. The number of fused-ring (bicyclic) bond motifs is 3. The largest absolute Gasteiger partial charge is 0.298 e. The van der Waals surface area contributed by atoms with Crippen LogP contribution in [0.25, 0.3) is 0 Å². The zero-order chi connectivity index (χ0) is 17.6. The van der Waals surface area contributed by atoms with E-state index < -0.39 is 5.92 Å². The summed E-state index contributed by atoms with van der Waals surface area (Å²) in [5, 5.41) is 14.1. The van der Waals surface area contributed by atoms with Crippen molar-refractivity contribution in [3.8, 4) is 6.07 Å². The normalized spacial score (nSPS) is 31.1. The molecule has 0 aliphatic heterocycles. The molecular weight excluding hydrogens is 310 g/mol. The Balaban J connectivity index is 1.90. The molecule has 3 unspecified atom stereocenters. The van der Waals surface area contributed by atoms with Crippen LogP contribution < -0.4 is 0 Å². The molecule has 0 N–H and O–H groups in total. The SMILES string of the molecule is CC1C(=O)C(C#N)C[C@]2(Cc3ccccc3)c3c(cnn3C)CCC12. The van der Waals surface area contributed by atoms with Crippen molar-refractivity contribution in [1.82, 2.24) is 9.78 Å². The molecule has 2 aliphatic rings. The smallest absolute Gasteiger partial charge is 0.153 e. The number of nitriles is 1. The zero-order valence-electron chi connectivity index (χ0n) is 14.8. The summed E-state index contributed by atoms with van der Waals surface area (Å²) in [6, 6.07) is 12.7. The first-order valence-corrected chi connectivity index (χ1v) is 9.05. The number of ketones is 1. The fraction of sp³-hybridized carbons (Fsp3) is 0.476. The summed E-state index contributed by atoms with van der Waals surface area (Å²) >= 11 is 0. The van der Waals surface area contributed by atoms with Crippen LogP contribution in [-0.2, 0) is 30.1 Å². The Kier molecular flexibility index (Phi) is 3.76. The van der Waals surface area contributed by atoms with Crippen LogP contribution in [-0.4, -0.2) is 15.6 Å². The van der Waals surface area contributed by atoms with Crippen molar-refractivity contribution < 1.29 is 4.79 Å². The van der Waals surface area contributed by atoms with E-state index in [2.05, 4.69) is 35.4 Å². The van der Waals surface area contributed by atoms with Crippen LogP contribution in [0.4, 0.5) is 0 Å². The van der Waals surface area contributed by atoms with E-state index in [1.54, 1.807) is 0 Å². The van der Waals surface area contributed by atoms with Gasteiger partial charge >= 0.3 is 0 Å². The molecule has 4 nitrogen and oxygen atoms in total. The van der Waals surface area contributed by atoms with Gasteiger partial charge < -0.3 is 0 Å². The van der Waals surface area contributed by atoms with Crippen LogP contribution in [0.2, 0.25) is 0 Å². The second-order valence-corrected chi connectivity index (χ2v) is 7.68. The number of carbonyl (C=O) groups excluding carboxylic acids is 1. The van der Waals surface area contributed by atoms with Gasteiger partial charge in [0, 0.05) is 24.1 Å². The number of hydrogen-bond acceptors (Lipinski definition) is 3. The molecule has 4 atom stereocenters. The lowest BCUT2D eigenvalue weighted by molar-refractivity contribution is -0.132. The third-order valence-electron chi connectivity index (χ3n) is 6.40. The van der Waals surface area contributed by atoms with Crippen LogP contribution in [0.15, 0.2) is 36.5 Å². The summed E-state index contributed by atoms with van der Waals surface area (Å²) in [6.45, 7) is 2.03. The highest BCUT2D eigenvalue weighted by molar-refractivity contribution is 5.87. The van der Waals surface area contributed by atoms with E-state index in [-0.39, 0.29) is 23.0 Å². The third-order valence-corrected chi connectivity index (χ3v) is 6.40. The summed E-state index contributed by atoms with van der Waals surface area (Å²) in [5.74, 6) is -0.199. The standard InChI is InChI=1S/C21H23N3O/c1-14-18-9-8-16-13-23-24(2)20(16)21(18,11-17(12-22)19(14)25)10-15-6-4-3-5-7-15/h3-7,13-14,17-18H,8-11H2,1-2H3/t14?,17?,18?,21-/m0/s1. The van der Waals surface area contributed by atoms with Gasteiger partial charge in [-0.2, -0.15) is 10.4 Å². The van der Waals surface area contributed by atoms with E-state index in [1.807, 2.05) is 30.9 Å². The first-order valence-electron chi connectivity index (χ1n) is 9.05. The summed E-state index contributed by atoms with van der Waals surface area (Å²) in [4.78, 5) is 12.7. The van der Waals surface area contributed by atoms with Crippen molar-refractivity contribution in [2.75, 3.05) is 0 Å². The lowest BCUT2D eigenvalue weighted by atomic mass is 9.51. The fourth-order valence-corrected chi connectivity index (χ4v) is 5.38. The van der Waals surface area contributed by atoms with Gasteiger partial charge in [-0.1, -0.05) is 37.3 Å². The number of hydrogen-bond donors (Lipinski definition) is 0. The van der Waals surface area contributed by atoms with Gasteiger partial charge in [-0.15, -0.1) is 0 Å². The molecule has 25 heavy (non-hydrogen) atoms. The Morgan fingerprint density at radius 2 is 2.12 bits per heavy atom. The summed E-state index contributed by atoms with van der Waals surface area (Å²) < 4.78 is 1.99. The molecule has 128 valence electrons. The van der Waals surface area contributed by atoms with Crippen molar-refractivity contribution >= 4 is 5.78 Å². The highest BCUT2D eigenvalue weighted by Gasteiger charge is 2.55. The monoisotopic (exact) mass is 333 g/mol. The summed E-state index contributed by atoms with van der Waals surface area (Å²) in [7, 11) is 2.00. The van der Waals surface area contributed by atoms with Gasteiger partial charge in [-0.05, 0) is 42.7 Å². The number of nitrogens with zero attached hydrogens (tertiary/aromatic N) is 3. The number of carbonyl (C=O) groups is 1. The maximum Gasteiger partial charge on any atom is 0.153 e. The third kappa shape index (κ3) is 2.33. The van der Waals surface area contributed by atoms with Gasteiger partial charge in [0.15, 0.2) is 5.78 Å². The van der Waals surface area contributed by atoms with Gasteiger partial charge in [0.1, 0.15) is 5.92 Å². The van der Waals surface area contributed by atoms with E-state index in [0.29, 0.717) is 6.42 Å². The second kappa shape index (κ2) is 5.84. The van der Waals surface area contributed by atoms with Crippen molar-refractivity contribution in [3.05, 3.63) is 53.3 Å². The first-order chi connectivity index (χ1) is 12.1. The predicted molar refractivity (Wildman–Crippen MR) is 94.7 cm³/mol. The van der Waals surface area contributed by atoms with Crippen LogP contribution in [0.1, 0.15) is 36.6 Å². The Morgan fingerprint density at radius 1 is 1.36 bits per heavy atom. The van der Waals surface area contributed by atoms with Crippen LogP contribution in [0, 0.1) is 29.1 Å². The minimum Gasteiger partial charge on any atom is -0.298 e. The average molecular weight is 333 g/mol. The van der Waals surface area contributed by atoms with E-state index in [4.69, 9.17) is 0 Å². The van der Waals surface area contributed by atoms with Gasteiger partial charge in [0.25, 0.3) is 0 Å². The highest BCUT2D eigenvalue weighted by atomic mass is 16.1. The molecule has 1 aromatic heterocycles.